The summed E-state index contributed by atoms with van der Waals surface area (Å²) in [6.45, 7) is 1.86. The third kappa shape index (κ3) is 4.96. The largest absolute Gasteiger partial charge is 0.469 e. The summed E-state index contributed by atoms with van der Waals surface area (Å²) >= 11 is 6.15. The molecule has 1 aromatic carbocycles. The number of nitrogens with one attached hydrogen (secondary N) is 2. The molecule has 1 aliphatic rings. The smallest absolute Gasteiger partial charge is 0.307 e. The Hall–Kier alpha value is -2.08. The minimum absolute atomic E-state index is 0.00670. The van der Waals surface area contributed by atoms with Gasteiger partial charge >= 0.3 is 5.97 Å². The van der Waals surface area contributed by atoms with Crippen molar-refractivity contribution in [3.05, 3.63) is 34.9 Å². The molecule has 7 heteroatoms. The Morgan fingerprint density at radius 1 is 1.33 bits per heavy atom. The molecule has 0 aliphatic heterocycles. The molecule has 130 valence electrons. The standard InChI is InChI=1S/C17H21ClN2O4/c1-10-7-12(10)17(23)19-9-15(21)20-14(8-16(22)24-2)11-5-3-4-6-13(11)18/h3-6,10,12,14H,7-9H2,1-2H3,(H,19,23)(H,20,21)/t10-,12-,14-/m0/s1. The second-order valence-corrected chi connectivity index (χ2v) is 6.37. The zero-order valence-electron chi connectivity index (χ0n) is 13.7. The number of rotatable bonds is 7. The van der Waals surface area contributed by atoms with E-state index in [-0.39, 0.29) is 30.7 Å². The lowest BCUT2D eigenvalue weighted by atomic mass is 10.0. The van der Waals surface area contributed by atoms with Gasteiger partial charge in [-0.3, -0.25) is 14.4 Å². The highest BCUT2D eigenvalue weighted by Gasteiger charge is 2.39. The topological polar surface area (TPSA) is 84.5 Å². The number of hydrogen-bond acceptors (Lipinski definition) is 4. The minimum Gasteiger partial charge on any atom is -0.469 e. The van der Waals surface area contributed by atoms with E-state index in [2.05, 4.69) is 15.4 Å². The SMILES string of the molecule is COC(=O)C[C@H](NC(=O)CNC(=O)[C@H]1C[C@@H]1C)c1ccccc1Cl. The van der Waals surface area contributed by atoms with Crippen molar-refractivity contribution in [1.29, 1.82) is 0 Å². The maximum absolute atomic E-state index is 12.1. The lowest BCUT2D eigenvalue weighted by Gasteiger charge is -2.19. The van der Waals surface area contributed by atoms with Gasteiger partial charge in [-0.2, -0.15) is 0 Å². The van der Waals surface area contributed by atoms with Crippen LogP contribution < -0.4 is 10.6 Å². The highest BCUT2D eigenvalue weighted by molar-refractivity contribution is 6.31. The number of benzene rings is 1. The Bertz CT molecular complexity index is 635. The number of halogens is 1. The van der Waals surface area contributed by atoms with Crippen LogP contribution in [0, 0.1) is 11.8 Å². The molecule has 0 saturated heterocycles. The van der Waals surface area contributed by atoms with Crippen molar-refractivity contribution in [3.8, 4) is 0 Å². The van der Waals surface area contributed by atoms with Gasteiger partial charge < -0.3 is 15.4 Å². The second-order valence-electron chi connectivity index (χ2n) is 5.96. The Balaban J connectivity index is 1.96. The molecule has 1 aliphatic carbocycles. The molecule has 0 spiro atoms. The molecule has 24 heavy (non-hydrogen) atoms. The molecule has 0 aromatic heterocycles. The quantitative estimate of drug-likeness (QED) is 0.733. The van der Waals surface area contributed by atoms with E-state index < -0.39 is 12.0 Å². The van der Waals surface area contributed by atoms with Gasteiger partial charge in [0.15, 0.2) is 0 Å². The van der Waals surface area contributed by atoms with E-state index in [4.69, 9.17) is 11.6 Å². The number of methoxy groups -OCH3 is 1. The molecule has 0 radical (unpaired) electrons. The number of esters is 1. The van der Waals surface area contributed by atoms with Crippen molar-refractivity contribution in [2.24, 2.45) is 11.8 Å². The molecule has 6 nitrogen and oxygen atoms in total. The fourth-order valence-electron chi connectivity index (χ4n) is 2.48. The van der Waals surface area contributed by atoms with E-state index in [0.29, 0.717) is 16.5 Å². The molecule has 0 heterocycles. The summed E-state index contributed by atoms with van der Waals surface area (Å²) < 4.78 is 4.67. The number of amides is 2. The number of carbonyl (C=O) groups excluding carboxylic acids is 3. The van der Waals surface area contributed by atoms with Gasteiger partial charge in [0.25, 0.3) is 0 Å². The monoisotopic (exact) mass is 352 g/mol. The Labute approximate surface area is 145 Å². The van der Waals surface area contributed by atoms with Crippen LogP contribution in [0.5, 0.6) is 0 Å². The molecule has 3 atom stereocenters. The van der Waals surface area contributed by atoms with E-state index in [0.717, 1.165) is 6.42 Å². The van der Waals surface area contributed by atoms with Gasteiger partial charge in [-0.05, 0) is 24.0 Å². The first-order valence-corrected chi connectivity index (χ1v) is 8.18. The molecule has 2 rings (SSSR count). The first kappa shape index (κ1) is 18.3. The van der Waals surface area contributed by atoms with Gasteiger partial charge in [0.1, 0.15) is 0 Å². The highest BCUT2D eigenvalue weighted by Crippen LogP contribution is 2.37. The predicted octanol–water partition coefficient (Wildman–Crippen LogP) is 1.83. The average molecular weight is 353 g/mol. The van der Waals surface area contributed by atoms with Crippen LogP contribution in [0.4, 0.5) is 0 Å². The Morgan fingerprint density at radius 3 is 2.58 bits per heavy atom. The summed E-state index contributed by atoms with van der Waals surface area (Å²) in [7, 11) is 1.28. The Morgan fingerprint density at radius 2 is 2.00 bits per heavy atom. The normalized spacial score (nSPS) is 20.0. The van der Waals surface area contributed by atoms with Crippen molar-refractivity contribution < 1.29 is 19.1 Å². The summed E-state index contributed by atoms with van der Waals surface area (Å²) in [6, 6.07) is 6.34. The van der Waals surface area contributed by atoms with Crippen LogP contribution in [0.3, 0.4) is 0 Å². The van der Waals surface area contributed by atoms with E-state index >= 15 is 0 Å². The van der Waals surface area contributed by atoms with Crippen LogP contribution in [0.25, 0.3) is 0 Å². The fourth-order valence-corrected chi connectivity index (χ4v) is 2.75. The second kappa shape index (κ2) is 8.15. The highest BCUT2D eigenvalue weighted by atomic mass is 35.5. The maximum atomic E-state index is 12.1. The van der Waals surface area contributed by atoms with Crippen molar-refractivity contribution in [2.75, 3.05) is 13.7 Å². The summed E-state index contributed by atoms with van der Waals surface area (Å²) in [4.78, 5) is 35.5. The maximum Gasteiger partial charge on any atom is 0.307 e. The van der Waals surface area contributed by atoms with Gasteiger partial charge in [0.2, 0.25) is 11.8 Å². The summed E-state index contributed by atoms with van der Waals surface area (Å²) in [5, 5.41) is 5.79. The first-order valence-electron chi connectivity index (χ1n) is 7.80. The van der Waals surface area contributed by atoms with Crippen LogP contribution in [0.2, 0.25) is 5.02 Å². The molecule has 2 amide bonds. The van der Waals surface area contributed by atoms with E-state index in [1.807, 2.05) is 6.92 Å². The molecule has 1 aromatic rings. The molecular weight excluding hydrogens is 332 g/mol. The first-order chi connectivity index (χ1) is 11.4. The van der Waals surface area contributed by atoms with Crippen LogP contribution >= 0.6 is 11.6 Å². The zero-order valence-corrected chi connectivity index (χ0v) is 14.4. The van der Waals surface area contributed by atoms with Crippen LogP contribution in [0.15, 0.2) is 24.3 Å². The van der Waals surface area contributed by atoms with Gasteiger partial charge in [-0.1, -0.05) is 36.7 Å². The van der Waals surface area contributed by atoms with Crippen LogP contribution in [-0.2, 0) is 19.1 Å². The predicted molar refractivity (Wildman–Crippen MR) is 89.2 cm³/mol. The summed E-state index contributed by atoms with van der Waals surface area (Å²) in [5.41, 5.74) is 0.625. The lowest BCUT2D eigenvalue weighted by Crippen LogP contribution is -2.40. The van der Waals surface area contributed by atoms with Gasteiger partial charge in [0, 0.05) is 10.9 Å². The van der Waals surface area contributed by atoms with Crippen molar-refractivity contribution in [1.82, 2.24) is 10.6 Å². The number of ether oxygens (including phenoxy) is 1. The summed E-state index contributed by atoms with van der Waals surface area (Å²) in [6.07, 6.45) is 0.817. The molecule has 1 fully saturated rings. The van der Waals surface area contributed by atoms with Crippen molar-refractivity contribution >= 4 is 29.4 Å². The third-order valence-corrected chi connectivity index (χ3v) is 4.43. The van der Waals surface area contributed by atoms with Gasteiger partial charge in [0.05, 0.1) is 26.1 Å². The summed E-state index contributed by atoms with van der Waals surface area (Å²) in [5.74, 6) is -0.572. The fraction of sp³-hybridized carbons (Fsp3) is 0.471. The van der Waals surface area contributed by atoms with Crippen LogP contribution in [0.1, 0.15) is 31.4 Å². The van der Waals surface area contributed by atoms with Crippen LogP contribution in [-0.4, -0.2) is 31.4 Å². The third-order valence-electron chi connectivity index (χ3n) is 4.08. The van der Waals surface area contributed by atoms with Crippen molar-refractivity contribution in [2.45, 2.75) is 25.8 Å². The number of hydrogen-bond donors (Lipinski definition) is 2. The van der Waals surface area contributed by atoms with E-state index in [9.17, 15) is 14.4 Å². The average Bonchev–Trinajstić information content (AvgIpc) is 3.29. The molecular formula is C17H21ClN2O4. The zero-order chi connectivity index (χ0) is 17.7. The van der Waals surface area contributed by atoms with E-state index in [1.165, 1.54) is 7.11 Å². The van der Waals surface area contributed by atoms with Gasteiger partial charge in [-0.25, -0.2) is 0 Å². The molecule has 1 saturated carbocycles. The number of carbonyl (C=O) groups is 3. The Kier molecular flexibility index (Phi) is 6.20. The minimum atomic E-state index is -0.615. The molecule has 0 unspecified atom stereocenters. The molecule has 2 N–H and O–H groups in total. The van der Waals surface area contributed by atoms with Gasteiger partial charge in [-0.15, -0.1) is 0 Å². The molecule has 0 bridgehead atoms. The van der Waals surface area contributed by atoms with Crippen molar-refractivity contribution in [3.63, 3.8) is 0 Å². The lowest BCUT2D eigenvalue weighted by molar-refractivity contribution is -0.141. The van der Waals surface area contributed by atoms with E-state index in [1.54, 1.807) is 24.3 Å².